The van der Waals surface area contributed by atoms with Crippen molar-refractivity contribution in [3.05, 3.63) is 24.3 Å². The molecule has 8 heteroatoms. The molecule has 140 valence electrons. The largest absolute Gasteiger partial charge is 0.494 e. The molecule has 0 saturated carbocycles. The number of thiocarbonyl (C=S) groups is 1. The minimum atomic E-state index is -1.17. The first-order valence-electron chi connectivity index (χ1n) is 8.33. The SMILES string of the molecule is CC(C)CCOc1ccc(NC(=S)N[C@@H]2O[C@H](CO)[C@H](O)[C@H]2O)cc1. The van der Waals surface area contributed by atoms with E-state index in [1.807, 2.05) is 24.3 Å². The molecule has 1 aromatic rings. The highest BCUT2D eigenvalue weighted by atomic mass is 32.1. The quantitative estimate of drug-likeness (QED) is 0.450. The zero-order valence-electron chi connectivity index (χ0n) is 14.4. The van der Waals surface area contributed by atoms with Gasteiger partial charge in [-0.2, -0.15) is 0 Å². The molecule has 5 N–H and O–H groups in total. The standard InChI is InChI=1S/C17H26N2O5S/c1-10(2)7-8-23-12-5-3-11(4-6-12)18-17(25)19-16-15(22)14(21)13(9-20)24-16/h3-6,10,13-16,20-22H,7-9H2,1-2H3,(H2,18,19,25)/t13-,14+,15-,16-/m1/s1. The maximum absolute atomic E-state index is 9.88. The lowest BCUT2D eigenvalue weighted by Crippen LogP contribution is -2.45. The summed E-state index contributed by atoms with van der Waals surface area (Å²) in [4.78, 5) is 0. The van der Waals surface area contributed by atoms with Gasteiger partial charge in [0.25, 0.3) is 0 Å². The number of nitrogens with one attached hydrogen (secondary N) is 2. The summed E-state index contributed by atoms with van der Waals surface area (Å²) < 4.78 is 11.0. The maximum atomic E-state index is 9.88. The highest BCUT2D eigenvalue weighted by Gasteiger charge is 2.42. The smallest absolute Gasteiger partial charge is 0.172 e. The van der Waals surface area contributed by atoms with Crippen molar-refractivity contribution in [1.29, 1.82) is 0 Å². The Morgan fingerprint density at radius 2 is 1.92 bits per heavy atom. The molecule has 0 bridgehead atoms. The van der Waals surface area contributed by atoms with Crippen LogP contribution in [0.2, 0.25) is 0 Å². The number of aliphatic hydroxyl groups excluding tert-OH is 3. The Kier molecular flexibility index (Phi) is 7.39. The fraction of sp³-hybridized carbons (Fsp3) is 0.588. The molecule has 4 atom stereocenters. The van der Waals surface area contributed by atoms with Gasteiger partial charge < -0.3 is 35.4 Å². The molecular weight excluding hydrogens is 344 g/mol. The monoisotopic (exact) mass is 370 g/mol. The van der Waals surface area contributed by atoms with E-state index in [-0.39, 0.29) is 11.7 Å². The van der Waals surface area contributed by atoms with E-state index in [4.69, 9.17) is 26.8 Å². The lowest BCUT2D eigenvalue weighted by molar-refractivity contribution is -0.0260. The molecule has 0 amide bonds. The fourth-order valence-corrected chi connectivity index (χ4v) is 2.60. The van der Waals surface area contributed by atoms with Gasteiger partial charge in [0.2, 0.25) is 0 Å². The molecule has 1 fully saturated rings. The normalized spacial score (nSPS) is 25.8. The number of hydrogen-bond donors (Lipinski definition) is 5. The Morgan fingerprint density at radius 3 is 2.48 bits per heavy atom. The topological polar surface area (TPSA) is 103 Å². The van der Waals surface area contributed by atoms with Gasteiger partial charge in [0, 0.05) is 5.69 Å². The molecule has 25 heavy (non-hydrogen) atoms. The second-order valence-corrected chi connectivity index (χ2v) is 6.82. The van der Waals surface area contributed by atoms with Gasteiger partial charge in [-0.05, 0) is 48.8 Å². The van der Waals surface area contributed by atoms with Crippen LogP contribution in [-0.2, 0) is 4.74 Å². The average molecular weight is 370 g/mol. The molecule has 1 saturated heterocycles. The molecule has 1 heterocycles. The van der Waals surface area contributed by atoms with Gasteiger partial charge in [0.05, 0.1) is 13.2 Å². The van der Waals surface area contributed by atoms with E-state index in [0.717, 1.165) is 17.9 Å². The third-order valence-electron chi connectivity index (χ3n) is 3.89. The highest BCUT2D eigenvalue weighted by Crippen LogP contribution is 2.20. The van der Waals surface area contributed by atoms with Crippen molar-refractivity contribution in [3.8, 4) is 5.75 Å². The zero-order chi connectivity index (χ0) is 18.4. The van der Waals surface area contributed by atoms with E-state index in [1.165, 1.54) is 0 Å². The Morgan fingerprint density at radius 1 is 1.24 bits per heavy atom. The maximum Gasteiger partial charge on any atom is 0.172 e. The van der Waals surface area contributed by atoms with Gasteiger partial charge in [-0.1, -0.05) is 13.8 Å². The van der Waals surface area contributed by atoms with Crippen LogP contribution in [0, 0.1) is 5.92 Å². The van der Waals surface area contributed by atoms with E-state index in [9.17, 15) is 10.2 Å². The van der Waals surface area contributed by atoms with E-state index < -0.39 is 24.5 Å². The van der Waals surface area contributed by atoms with E-state index in [1.54, 1.807) is 0 Å². The van der Waals surface area contributed by atoms with Crippen molar-refractivity contribution >= 4 is 23.0 Å². The third kappa shape index (κ3) is 5.79. The van der Waals surface area contributed by atoms with Crippen molar-refractivity contribution in [1.82, 2.24) is 5.32 Å². The molecule has 2 rings (SSSR count). The van der Waals surface area contributed by atoms with Crippen molar-refractivity contribution < 1.29 is 24.8 Å². The van der Waals surface area contributed by atoms with Gasteiger partial charge in [-0.25, -0.2) is 0 Å². The van der Waals surface area contributed by atoms with Gasteiger partial charge >= 0.3 is 0 Å². The van der Waals surface area contributed by atoms with Crippen LogP contribution in [0.5, 0.6) is 5.75 Å². The first kappa shape index (κ1) is 19.9. The van der Waals surface area contributed by atoms with Crippen molar-refractivity contribution in [2.24, 2.45) is 5.92 Å². The molecule has 1 aliphatic heterocycles. The molecular formula is C17H26N2O5S. The van der Waals surface area contributed by atoms with Crippen LogP contribution in [0.1, 0.15) is 20.3 Å². The minimum Gasteiger partial charge on any atom is -0.494 e. The molecule has 0 aliphatic carbocycles. The van der Waals surface area contributed by atoms with Gasteiger partial charge in [-0.15, -0.1) is 0 Å². The summed E-state index contributed by atoms with van der Waals surface area (Å²) in [6.45, 7) is 4.60. The molecule has 0 radical (unpaired) electrons. The summed E-state index contributed by atoms with van der Waals surface area (Å²) in [5, 5.41) is 34.7. The number of aliphatic hydroxyl groups is 3. The van der Waals surface area contributed by atoms with Crippen LogP contribution >= 0.6 is 12.2 Å². The summed E-state index contributed by atoms with van der Waals surface area (Å²) >= 11 is 5.18. The summed E-state index contributed by atoms with van der Waals surface area (Å²) in [6.07, 6.45) is -3.05. The number of rotatable bonds is 7. The summed E-state index contributed by atoms with van der Waals surface area (Å²) in [6, 6.07) is 7.35. The zero-order valence-corrected chi connectivity index (χ0v) is 15.2. The predicted octanol–water partition coefficient (Wildman–Crippen LogP) is 0.837. The van der Waals surface area contributed by atoms with Gasteiger partial charge in [0.15, 0.2) is 11.3 Å². The predicted molar refractivity (Wildman–Crippen MR) is 98.5 cm³/mol. The molecule has 1 aliphatic rings. The highest BCUT2D eigenvalue weighted by molar-refractivity contribution is 7.80. The van der Waals surface area contributed by atoms with Gasteiger partial charge in [0.1, 0.15) is 24.1 Å². The Hall–Kier alpha value is -1.45. The number of ether oxygens (including phenoxy) is 2. The second kappa shape index (κ2) is 9.30. The summed E-state index contributed by atoms with van der Waals surface area (Å²) in [7, 11) is 0. The van der Waals surface area contributed by atoms with E-state index >= 15 is 0 Å². The Labute approximate surface area is 153 Å². The van der Waals surface area contributed by atoms with E-state index in [2.05, 4.69) is 24.5 Å². The van der Waals surface area contributed by atoms with Crippen LogP contribution in [-0.4, -0.2) is 58.2 Å². The Bertz CT molecular complexity index is 554. The first-order valence-corrected chi connectivity index (χ1v) is 8.74. The lowest BCUT2D eigenvalue weighted by Gasteiger charge is -2.19. The first-order chi connectivity index (χ1) is 11.9. The second-order valence-electron chi connectivity index (χ2n) is 6.41. The molecule has 0 unspecified atom stereocenters. The fourth-order valence-electron chi connectivity index (χ4n) is 2.36. The molecule has 1 aromatic carbocycles. The summed E-state index contributed by atoms with van der Waals surface area (Å²) in [5.74, 6) is 1.38. The summed E-state index contributed by atoms with van der Waals surface area (Å²) in [5.41, 5.74) is 0.750. The van der Waals surface area contributed by atoms with Crippen LogP contribution in [0.4, 0.5) is 5.69 Å². The number of benzene rings is 1. The third-order valence-corrected chi connectivity index (χ3v) is 4.11. The Balaban J connectivity index is 1.80. The molecule has 0 aromatic heterocycles. The number of anilines is 1. The lowest BCUT2D eigenvalue weighted by atomic mass is 10.1. The average Bonchev–Trinajstić information content (AvgIpc) is 2.84. The molecule has 7 nitrogen and oxygen atoms in total. The van der Waals surface area contributed by atoms with Crippen LogP contribution in [0.25, 0.3) is 0 Å². The minimum absolute atomic E-state index is 0.239. The van der Waals surface area contributed by atoms with Crippen LogP contribution in [0.3, 0.4) is 0 Å². The molecule has 0 spiro atoms. The van der Waals surface area contributed by atoms with Gasteiger partial charge in [-0.3, -0.25) is 0 Å². The van der Waals surface area contributed by atoms with Crippen molar-refractivity contribution in [2.45, 2.75) is 44.8 Å². The van der Waals surface area contributed by atoms with E-state index in [0.29, 0.717) is 12.5 Å². The van der Waals surface area contributed by atoms with Crippen LogP contribution in [0.15, 0.2) is 24.3 Å². The van der Waals surface area contributed by atoms with Crippen LogP contribution < -0.4 is 15.4 Å². The van der Waals surface area contributed by atoms with Crippen molar-refractivity contribution in [3.63, 3.8) is 0 Å². The van der Waals surface area contributed by atoms with Crippen molar-refractivity contribution in [2.75, 3.05) is 18.5 Å². The number of hydrogen-bond acceptors (Lipinski definition) is 6.